The molecule has 5 rings (SSSR count). The number of piperidine rings is 1. The topological polar surface area (TPSA) is 70.0 Å². The van der Waals surface area contributed by atoms with Gasteiger partial charge in [-0.25, -0.2) is 0 Å². The molecule has 1 saturated heterocycles. The molecule has 5 nitrogen and oxygen atoms in total. The van der Waals surface area contributed by atoms with Crippen molar-refractivity contribution in [3.05, 3.63) is 35.9 Å². The second-order valence-electron chi connectivity index (χ2n) is 7.56. The Hall–Kier alpha value is -1.85. The van der Waals surface area contributed by atoms with Crippen LogP contribution in [0, 0.1) is 0 Å². The van der Waals surface area contributed by atoms with Crippen molar-refractivity contribution in [1.29, 1.82) is 0 Å². The molecule has 0 aromatic heterocycles. The zero-order chi connectivity index (χ0) is 16.7. The zero-order valence-electron chi connectivity index (χ0n) is 13.5. The number of rotatable bonds is 2. The lowest BCUT2D eigenvalue weighted by Gasteiger charge is -2.62. The van der Waals surface area contributed by atoms with Gasteiger partial charge in [-0.3, -0.25) is 9.69 Å². The molecule has 1 saturated carbocycles. The summed E-state index contributed by atoms with van der Waals surface area (Å²) in [6.45, 7) is 5.36. The number of phenolic OH excluding ortho intramolecular Hbond substituents is 1. The molecule has 5 heteroatoms. The van der Waals surface area contributed by atoms with E-state index in [9.17, 15) is 15.0 Å². The number of hydrogen-bond acceptors (Lipinski definition) is 5. The minimum absolute atomic E-state index is 0.0408. The van der Waals surface area contributed by atoms with E-state index in [0.717, 1.165) is 24.2 Å². The summed E-state index contributed by atoms with van der Waals surface area (Å²) in [5.41, 5.74) is 0.256. The standard InChI is InChI=1S/C19H21NO4/c1-2-8-20-9-7-18-15-11-3-4-12(21)16(15)24-17(18)13(22)5-6-19(18,23)14(20)10-11/h2-4,14,17,21,23H,1,5-10H2/t14-,17-,18-,19+/m1/s1. The molecular weight excluding hydrogens is 306 g/mol. The number of likely N-dealkylation sites (tertiary alicyclic amines) is 1. The Balaban J connectivity index is 1.80. The maximum atomic E-state index is 12.6. The van der Waals surface area contributed by atoms with Gasteiger partial charge in [0.05, 0.1) is 11.0 Å². The number of aliphatic hydroxyl groups is 1. The van der Waals surface area contributed by atoms with Crippen molar-refractivity contribution in [1.82, 2.24) is 4.90 Å². The van der Waals surface area contributed by atoms with Crippen LogP contribution in [0.25, 0.3) is 0 Å². The Morgan fingerprint density at radius 2 is 2.25 bits per heavy atom. The van der Waals surface area contributed by atoms with Gasteiger partial charge in [0.25, 0.3) is 0 Å². The smallest absolute Gasteiger partial charge is 0.174 e. The molecular formula is C19H21NO4. The average molecular weight is 327 g/mol. The number of nitrogens with zero attached hydrogens (tertiary/aromatic N) is 1. The molecule has 24 heavy (non-hydrogen) atoms. The third-order valence-electron chi connectivity index (χ3n) is 6.73. The van der Waals surface area contributed by atoms with Crippen molar-refractivity contribution in [2.24, 2.45) is 0 Å². The summed E-state index contributed by atoms with van der Waals surface area (Å²) in [4.78, 5) is 14.9. The molecule has 2 aliphatic carbocycles. The van der Waals surface area contributed by atoms with Gasteiger partial charge in [-0.05, 0) is 30.9 Å². The van der Waals surface area contributed by atoms with Crippen LogP contribution in [0.4, 0.5) is 0 Å². The first kappa shape index (κ1) is 14.5. The number of ether oxygens (including phenoxy) is 1. The summed E-state index contributed by atoms with van der Waals surface area (Å²) in [7, 11) is 0. The molecule has 2 fully saturated rings. The molecule has 0 amide bonds. The van der Waals surface area contributed by atoms with E-state index in [2.05, 4.69) is 11.5 Å². The van der Waals surface area contributed by atoms with Crippen LogP contribution in [-0.2, 0) is 16.6 Å². The molecule has 1 aromatic carbocycles. The highest BCUT2D eigenvalue weighted by Gasteiger charge is 2.72. The maximum Gasteiger partial charge on any atom is 0.174 e. The van der Waals surface area contributed by atoms with Crippen LogP contribution in [0.2, 0.25) is 0 Å². The summed E-state index contributed by atoms with van der Waals surface area (Å²) < 4.78 is 5.98. The normalized spacial score (nSPS) is 39.3. The van der Waals surface area contributed by atoms with Crippen molar-refractivity contribution >= 4 is 5.78 Å². The first-order chi connectivity index (χ1) is 11.5. The Morgan fingerprint density at radius 3 is 3.04 bits per heavy atom. The lowest BCUT2D eigenvalue weighted by Crippen LogP contribution is -2.76. The second kappa shape index (κ2) is 4.41. The van der Waals surface area contributed by atoms with Gasteiger partial charge < -0.3 is 14.9 Å². The number of carbonyl (C=O) groups excluding carboxylic acids is 1. The Labute approximate surface area is 140 Å². The predicted octanol–water partition coefficient (Wildman–Crippen LogP) is 1.30. The third kappa shape index (κ3) is 1.38. The van der Waals surface area contributed by atoms with Crippen molar-refractivity contribution in [3.63, 3.8) is 0 Å². The van der Waals surface area contributed by atoms with Crippen LogP contribution in [0.3, 0.4) is 0 Å². The van der Waals surface area contributed by atoms with Crippen molar-refractivity contribution < 1.29 is 19.7 Å². The number of ketones is 1. The van der Waals surface area contributed by atoms with Gasteiger partial charge in [-0.15, -0.1) is 6.58 Å². The van der Waals surface area contributed by atoms with Gasteiger partial charge in [-0.1, -0.05) is 12.1 Å². The number of phenols is 1. The highest BCUT2D eigenvalue weighted by molar-refractivity contribution is 5.90. The van der Waals surface area contributed by atoms with Crippen LogP contribution in [0.1, 0.15) is 30.4 Å². The number of hydrogen-bond donors (Lipinski definition) is 2. The molecule has 2 bridgehead atoms. The van der Waals surface area contributed by atoms with Gasteiger partial charge in [-0.2, -0.15) is 0 Å². The van der Waals surface area contributed by atoms with E-state index in [1.807, 2.05) is 12.1 Å². The van der Waals surface area contributed by atoms with Crippen LogP contribution < -0.4 is 4.74 Å². The molecule has 0 radical (unpaired) electrons. The van der Waals surface area contributed by atoms with Crippen molar-refractivity contribution in [2.45, 2.75) is 48.8 Å². The highest BCUT2D eigenvalue weighted by Crippen LogP contribution is 2.64. The van der Waals surface area contributed by atoms with Gasteiger partial charge in [0.1, 0.15) is 0 Å². The van der Waals surface area contributed by atoms with Crippen LogP contribution in [-0.4, -0.2) is 51.7 Å². The van der Waals surface area contributed by atoms with E-state index in [4.69, 9.17) is 4.74 Å². The predicted molar refractivity (Wildman–Crippen MR) is 87.3 cm³/mol. The van der Waals surface area contributed by atoms with Gasteiger partial charge in [0.15, 0.2) is 23.4 Å². The third-order valence-corrected chi connectivity index (χ3v) is 6.73. The summed E-state index contributed by atoms with van der Waals surface area (Å²) >= 11 is 0. The fraction of sp³-hybridized carbons (Fsp3) is 0.526. The second-order valence-corrected chi connectivity index (χ2v) is 7.56. The summed E-state index contributed by atoms with van der Waals surface area (Å²) in [5.74, 6) is 0.528. The molecule has 1 spiro atoms. The Morgan fingerprint density at radius 1 is 1.42 bits per heavy atom. The monoisotopic (exact) mass is 327 g/mol. The first-order valence-corrected chi connectivity index (χ1v) is 8.65. The zero-order valence-corrected chi connectivity index (χ0v) is 13.5. The molecule has 126 valence electrons. The average Bonchev–Trinajstić information content (AvgIpc) is 2.91. The van der Waals surface area contributed by atoms with E-state index in [1.54, 1.807) is 6.07 Å². The number of aromatic hydroxyl groups is 1. The van der Waals surface area contributed by atoms with Crippen LogP contribution >= 0.6 is 0 Å². The van der Waals surface area contributed by atoms with E-state index in [-0.39, 0.29) is 17.6 Å². The summed E-state index contributed by atoms with van der Waals surface area (Å²) in [5, 5.41) is 22.1. The molecule has 1 aromatic rings. The van der Waals surface area contributed by atoms with Gasteiger partial charge in [0, 0.05) is 31.1 Å². The highest BCUT2D eigenvalue weighted by atomic mass is 16.5. The Kier molecular flexibility index (Phi) is 2.66. The number of benzene rings is 1. The quantitative estimate of drug-likeness (QED) is 0.802. The van der Waals surface area contributed by atoms with Gasteiger partial charge in [0.2, 0.25) is 0 Å². The largest absolute Gasteiger partial charge is 0.504 e. The molecule has 4 aliphatic rings. The molecule has 2 heterocycles. The van der Waals surface area contributed by atoms with Crippen LogP contribution in [0.15, 0.2) is 24.8 Å². The Bertz CT molecular complexity index is 775. The first-order valence-electron chi connectivity index (χ1n) is 8.65. The summed E-state index contributed by atoms with van der Waals surface area (Å²) in [6, 6.07) is 3.52. The van der Waals surface area contributed by atoms with Crippen LogP contribution in [0.5, 0.6) is 11.5 Å². The van der Waals surface area contributed by atoms with Crippen molar-refractivity contribution in [2.75, 3.05) is 13.1 Å². The molecule has 2 N–H and O–H groups in total. The molecule has 0 unspecified atom stereocenters. The molecule has 4 atom stereocenters. The maximum absolute atomic E-state index is 12.6. The van der Waals surface area contributed by atoms with Crippen molar-refractivity contribution in [3.8, 4) is 11.5 Å². The fourth-order valence-corrected chi connectivity index (χ4v) is 5.80. The molecule has 2 aliphatic heterocycles. The van der Waals surface area contributed by atoms with E-state index < -0.39 is 17.1 Å². The number of Topliss-reactive ketones (excluding diaryl/α,β-unsaturated/α-hetero) is 1. The number of carbonyl (C=O) groups is 1. The minimum Gasteiger partial charge on any atom is -0.504 e. The SMILES string of the molecule is C=CCN1CC[C@@]23c4c5ccc(O)c4O[C@@H]2C(=O)CC[C@]3(O)[C@H]1C5. The lowest BCUT2D eigenvalue weighted by atomic mass is 9.49. The van der Waals surface area contributed by atoms with E-state index in [0.29, 0.717) is 31.4 Å². The fourth-order valence-electron chi connectivity index (χ4n) is 5.80. The summed E-state index contributed by atoms with van der Waals surface area (Å²) in [6.07, 6.45) is 3.35. The van der Waals surface area contributed by atoms with E-state index >= 15 is 0 Å². The lowest BCUT2D eigenvalue weighted by molar-refractivity contribution is -0.187. The minimum atomic E-state index is -1.00. The van der Waals surface area contributed by atoms with Gasteiger partial charge >= 0.3 is 0 Å². The van der Waals surface area contributed by atoms with E-state index in [1.165, 1.54) is 0 Å².